The van der Waals surface area contributed by atoms with Gasteiger partial charge in [0.25, 0.3) is 0 Å². The Labute approximate surface area is 54.0 Å². The zero-order chi connectivity index (χ0) is 7.11. The molecule has 0 aliphatic carbocycles. The largest absolute Gasteiger partial charge is 0.507 e. The maximum absolute atomic E-state index is 8.68. The zero-order valence-corrected chi connectivity index (χ0v) is 4.91. The predicted molar refractivity (Wildman–Crippen MR) is 35.7 cm³/mol. The average molecular weight is 121 g/mol. The molecule has 0 aromatic rings. The van der Waals surface area contributed by atoms with Gasteiger partial charge >= 0.3 is 0 Å². The summed E-state index contributed by atoms with van der Waals surface area (Å²) in [5.74, 6) is -0.0580. The molecule has 0 spiro atoms. The number of aliphatic hydroxyl groups excluding tert-OH is 1. The average Bonchev–Trinajstić information content (AvgIpc) is 1.85. The first kappa shape index (κ1) is 7.51. The minimum absolute atomic E-state index is 0.0580. The number of nitriles is 1. The molecule has 0 bridgehead atoms. The van der Waals surface area contributed by atoms with Crippen molar-refractivity contribution < 1.29 is 5.11 Å². The Morgan fingerprint density at radius 2 is 2.33 bits per heavy atom. The molecule has 46 valence electrons. The number of nitrogens with zero attached hydrogens (tertiary/aromatic N) is 1. The van der Waals surface area contributed by atoms with Crippen LogP contribution in [0.15, 0.2) is 36.6 Å². The van der Waals surface area contributed by atoms with Crippen LogP contribution in [-0.4, -0.2) is 5.11 Å². The van der Waals surface area contributed by atoms with Gasteiger partial charge in [0.1, 0.15) is 5.76 Å². The van der Waals surface area contributed by atoms with Crippen molar-refractivity contribution in [2.24, 2.45) is 0 Å². The highest BCUT2D eigenvalue weighted by molar-refractivity contribution is 5.20. The molecule has 0 aromatic heterocycles. The second-order valence-corrected chi connectivity index (χ2v) is 1.29. The maximum Gasteiger partial charge on any atom is 0.126 e. The van der Waals surface area contributed by atoms with Gasteiger partial charge < -0.3 is 5.11 Å². The predicted octanol–water partition coefficient (Wildman–Crippen LogP) is 1.69. The van der Waals surface area contributed by atoms with Crippen LogP contribution >= 0.6 is 0 Å². The van der Waals surface area contributed by atoms with Crippen molar-refractivity contribution in [3.05, 3.63) is 36.6 Å². The van der Waals surface area contributed by atoms with E-state index in [1.54, 1.807) is 12.1 Å². The van der Waals surface area contributed by atoms with E-state index in [4.69, 9.17) is 10.4 Å². The summed E-state index contributed by atoms with van der Waals surface area (Å²) >= 11 is 0. The van der Waals surface area contributed by atoms with Gasteiger partial charge in [0.15, 0.2) is 0 Å². The quantitative estimate of drug-likeness (QED) is 0.343. The standard InChI is InChI=1S/C7H7NO/c1-2-3-4-7(9)5-6-8/h2-5,9H,1H2. The van der Waals surface area contributed by atoms with Crippen LogP contribution in [0.3, 0.4) is 0 Å². The van der Waals surface area contributed by atoms with Crippen LogP contribution in [0, 0.1) is 11.3 Å². The molecule has 9 heavy (non-hydrogen) atoms. The molecule has 0 heterocycles. The molecule has 2 heteroatoms. The third-order valence-electron chi connectivity index (χ3n) is 0.616. The molecule has 0 aliphatic rings. The van der Waals surface area contributed by atoms with Gasteiger partial charge in [-0.1, -0.05) is 18.7 Å². The first-order valence-electron chi connectivity index (χ1n) is 2.39. The van der Waals surface area contributed by atoms with E-state index in [1.165, 1.54) is 12.2 Å². The van der Waals surface area contributed by atoms with Crippen molar-refractivity contribution in [1.82, 2.24) is 0 Å². The second kappa shape index (κ2) is 4.66. The molecule has 0 aromatic carbocycles. The van der Waals surface area contributed by atoms with E-state index in [-0.39, 0.29) is 5.76 Å². The molecule has 0 fully saturated rings. The normalized spacial score (nSPS) is 11.2. The van der Waals surface area contributed by atoms with E-state index in [0.717, 1.165) is 6.08 Å². The SMILES string of the molecule is C=CC=CC(O)=CC#N. The Bertz CT molecular complexity index is 184. The smallest absolute Gasteiger partial charge is 0.126 e. The van der Waals surface area contributed by atoms with Crippen LogP contribution in [0.1, 0.15) is 0 Å². The Morgan fingerprint density at radius 3 is 2.78 bits per heavy atom. The van der Waals surface area contributed by atoms with Crippen molar-refractivity contribution in [3.63, 3.8) is 0 Å². The highest BCUT2D eigenvalue weighted by atomic mass is 16.3. The van der Waals surface area contributed by atoms with Gasteiger partial charge in [-0.15, -0.1) is 0 Å². The van der Waals surface area contributed by atoms with Gasteiger partial charge in [-0.3, -0.25) is 0 Å². The molecular formula is C7H7NO. The summed E-state index contributed by atoms with van der Waals surface area (Å²) in [7, 11) is 0. The summed E-state index contributed by atoms with van der Waals surface area (Å²) in [6.07, 6.45) is 5.49. The van der Waals surface area contributed by atoms with Crippen molar-refractivity contribution in [3.8, 4) is 6.07 Å². The van der Waals surface area contributed by atoms with Gasteiger partial charge in [-0.05, 0) is 6.08 Å². The Kier molecular flexibility index (Phi) is 3.89. The van der Waals surface area contributed by atoms with Crippen molar-refractivity contribution in [1.29, 1.82) is 5.26 Å². The maximum atomic E-state index is 8.68. The third-order valence-corrected chi connectivity index (χ3v) is 0.616. The molecule has 0 saturated carbocycles. The molecule has 1 N–H and O–H groups in total. The van der Waals surface area contributed by atoms with Gasteiger partial charge in [0.05, 0.1) is 12.1 Å². The number of hydrogen-bond donors (Lipinski definition) is 1. The van der Waals surface area contributed by atoms with Crippen LogP contribution in [0.25, 0.3) is 0 Å². The van der Waals surface area contributed by atoms with Gasteiger partial charge in [0, 0.05) is 0 Å². The number of hydrogen-bond acceptors (Lipinski definition) is 2. The zero-order valence-electron chi connectivity index (χ0n) is 4.91. The topological polar surface area (TPSA) is 44.0 Å². The molecule has 0 amide bonds. The second-order valence-electron chi connectivity index (χ2n) is 1.29. The first-order valence-corrected chi connectivity index (χ1v) is 2.39. The van der Waals surface area contributed by atoms with Gasteiger partial charge in [-0.2, -0.15) is 5.26 Å². The van der Waals surface area contributed by atoms with Crippen molar-refractivity contribution >= 4 is 0 Å². The fourth-order valence-corrected chi connectivity index (χ4v) is 0.281. The summed E-state index contributed by atoms with van der Waals surface area (Å²) in [5.41, 5.74) is 0. The lowest BCUT2D eigenvalue weighted by molar-refractivity contribution is 0.433. The third kappa shape index (κ3) is 4.36. The monoisotopic (exact) mass is 121 g/mol. The van der Waals surface area contributed by atoms with Crippen LogP contribution in [-0.2, 0) is 0 Å². The van der Waals surface area contributed by atoms with Crippen molar-refractivity contribution in [2.75, 3.05) is 0 Å². The lowest BCUT2D eigenvalue weighted by Crippen LogP contribution is -1.69. The minimum atomic E-state index is -0.0580. The molecule has 0 unspecified atom stereocenters. The van der Waals surface area contributed by atoms with E-state index in [0.29, 0.717) is 0 Å². The van der Waals surface area contributed by atoms with E-state index in [9.17, 15) is 0 Å². The van der Waals surface area contributed by atoms with Gasteiger partial charge in [0.2, 0.25) is 0 Å². The first-order chi connectivity index (χ1) is 4.31. The van der Waals surface area contributed by atoms with Crippen molar-refractivity contribution in [2.45, 2.75) is 0 Å². The summed E-state index contributed by atoms with van der Waals surface area (Å²) in [4.78, 5) is 0. The lowest BCUT2D eigenvalue weighted by Gasteiger charge is -1.80. The Hall–Kier alpha value is -1.49. The lowest BCUT2D eigenvalue weighted by atomic mass is 10.4. The summed E-state index contributed by atoms with van der Waals surface area (Å²) in [5, 5.41) is 16.7. The number of allylic oxidation sites excluding steroid dienone is 4. The van der Waals surface area contributed by atoms with E-state index >= 15 is 0 Å². The molecule has 0 saturated heterocycles. The van der Waals surface area contributed by atoms with E-state index < -0.39 is 0 Å². The van der Waals surface area contributed by atoms with E-state index in [1.807, 2.05) is 0 Å². The fraction of sp³-hybridized carbons (Fsp3) is 0. The highest BCUT2D eigenvalue weighted by Crippen LogP contribution is 1.88. The van der Waals surface area contributed by atoms with Crippen LogP contribution < -0.4 is 0 Å². The van der Waals surface area contributed by atoms with Crippen LogP contribution in [0.5, 0.6) is 0 Å². The number of aliphatic hydroxyl groups is 1. The van der Waals surface area contributed by atoms with Crippen LogP contribution in [0.4, 0.5) is 0 Å². The fourth-order valence-electron chi connectivity index (χ4n) is 0.281. The molecule has 0 aliphatic heterocycles. The molecule has 0 atom stereocenters. The summed E-state index contributed by atoms with van der Waals surface area (Å²) in [6.45, 7) is 3.38. The molecule has 0 radical (unpaired) electrons. The Balaban J connectivity index is 3.93. The van der Waals surface area contributed by atoms with E-state index in [2.05, 4.69) is 6.58 Å². The van der Waals surface area contributed by atoms with Crippen LogP contribution in [0.2, 0.25) is 0 Å². The van der Waals surface area contributed by atoms with Gasteiger partial charge in [-0.25, -0.2) is 0 Å². The minimum Gasteiger partial charge on any atom is -0.507 e. The summed E-state index contributed by atoms with van der Waals surface area (Å²) in [6, 6.07) is 1.68. The summed E-state index contributed by atoms with van der Waals surface area (Å²) < 4.78 is 0. The molecular weight excluding hydrogens is 114 g/mol. The molecule has 0 rings (SSSR count). The molecule has 2 nitrogen and oxygen atoms in total. The highest BCUT2D eigenvalue weighted by Gasteiger charge is 1.77. The Morgan fingerprint density at radius 1 is 1.67 bits per heavy atom. The number of rotatable bonds is 2.